The largest absolute Gasteiger partial charge is 0.478 e. The number of nitrogens with two attached hydrogens (primary N) is 1. The first kappa shape index (κ1) is 11.1. The van der Waals surface area contributed by atoms with Crippen molar-refractivity contribution in [1.29, 1.82) is 0 Å². The number of hydrogen-bond acceptors (Lipinski definition) is 3. The average molecular weight is 221 g/mol. The summed E-state index contributed by atoms with van der Waals surface area (Å²) in [7, 11) is 0. The molecule has 1 aromatic rings. The summed E-state index contributed by atoms with van der Waals surface area (Å²) < 4.78 is 5.28. The summed E-state index contributed by atoms with van der Waals surface area (Å²) in [6.45, 7) is 1.41. The van der Waals surface area contributed by atoms with Gasteiger partial charge >= 0.3 is 5.97 Å². The summed E-state index contributed by atoms with van der Waals surface area (Å²) in [5.41, 5.74) is 7.25. The normalized spacial score (nSPS) is 21.9. The highest BCUT2D eigenvalue weighted by atomic mass is 16.5. The van der Waals surface area contributed by atoms with Crippen LogP contribution < -0.4 is 5.73 Å². The van der Waals surface area contributed by atoms with Gasteiger partial charge in [0.25, 0.3) is 0 Å². The van der Waals surface area contributed by atoms with Gasteiger partial charge in [-0.1, -0.05) is 12.1 Å². The number of benzene rings is 1. The molecule has 1 saturated heterocycles. The predicted octanol–water partition coefficient (Wildman–Crippen LogP) is 1.42. The molecule has 0 spiro atoms. The molecule has 4 heteroatoms. The average Bonchev–Trinajstić information content (AvgIpc) is 2.81. The Bertz CT molecular complexity index is 386. The molecule has 0 bridgehead atoms. The van der Waals surface area contributed by atoms with E-state index < -0.39 is 5.97 Å². The van der Waals surface area contributed by atoms with E-state index in [1.807, 2.05) is 6.07 Å². The third-order valence-corrected chi connectivity index (χ3v) is 2.99. The zero-order chi connectivity index (χ0) is 11.5. The highest BCUT2D eigenvalue weighted by molar-refractivity contribution is 5.87. The van der Waals surface area contributed by atoms with Gasteiger partial charge in [0.15, 0.2) is 0 Å². The van der Waals surface area contributed by atoms with Crippen LogP contribution in [0.1, 0.15) is 28.4 Å². The molecule has 2 unspecified atom stereocenters. The van der Waals surface area contributed by atoms with Crippen molar-refractivity contribution in [3.05, 3.63) is 35.4 Å². The van der Waals surface area contributed by atoms with Crippen LogP contribution in [0.4, 0.5) is 0 Å². The Kier molecular flexibility index (Phi) is 3.22. The minimum atomic E-state index is -0.920. The van der Waals surface area contributed by atoms with Gasteiger partial charge < -0.3 is 15.6 Å². The molecule has 2 atom stereocenters. The molecular weight excluding hydrogens is 206 g/mol. The topological polar surface area (TPSA) is 72.6 Å². The molecule has 16 heavy (non-hydrogen) atoms. The van der Waals surface area contributed by atoms with Crippen molar-refractivity contribution in [3.8, 4) is 0 Å². The minimum absolute atomic E-state index is 0.137. The van der Waals surface area contributed by atoms with Gasteiger partial charge in [0.05, 0.1) is 12.2 Å². The molecule has 2 rings (SSSR count). The van der Waals surface area contributed by atoms with E-state index in [-0.39, 0.29) is 11.6 Å². The fourth-order valence-corrected chi connectivity index (χ4v) is 1.99. The van der Waals surface area contributed by atoms with Crippen LogP contribution in [-0.2, 0) is 4.74 Å². The maximum Gasteiger partial charge on any atom is 0.335 e. The van der Waals surface area contributed by atoms with Gasteiger partial charge in [-0.25, -0.2) is 4.79 Å². The predicted molar refractivity (Wildman–Crippen MR) is 59.3 cm³/mol. The van der Waals surface area contributed by atoms with Crippen molar-refractivity contribution in [3.63, 3.8) is 0 Å². The molecule has 0 aliphatic carbocycles. The van der Waals surface area contributed by atoms with Crippen molar-refractivity contribution >= 4 is 5.97 Å². The van der Waals surface area contributed by atoms with Crippen LogP contribution in [0.2, 0.25) is 0 Å². The zero-order valence-electron chi connectivity index (χ0n) is 8.93. The summed E-state index contributed by atoms with van der Waals surface area (Å²) in [5, 5.41) is 8.89. The van der Waals surface area contributed by atoms with Crippen LogP contribution in [0.3, 0.4) is 0 Å². The Balaban J connectivity index is 2.18. The summed E-state index contributed by atoms with van der Waals surface area (Å²) in [6, 6.07) is 6.68. The van der Waals surface area contributed by atoms with Crippen molar-refractivity contribution in [2.45, 2.75) is 12.5 Å². The first-order valence-electron chi connectivity index (χ1n) is 5.35. The van der Waals surface area contributed by atoms with Gasteiger partial charge in [0, 0.05) is 18.6 Å². The lowest BCUT2D eigenvalue weighted by molar-refractivity contribution is 0.0696. The standard InChI is InChI=1S/C12H15NO3/c13-11(10-4-5-16-7-10)8-2-1-3-9(6-8)12(14)15/h1-3,6,10-11H,4-5,7,13H2,(H,14,15). The zero-order valence-corrected chi connectivity index (χ0v) is 8.93. The minimum Gasteiger partial charge on any atom is -0.478 e. The molecule has 0 radical (unpaired) electrons. The van der Waals surface area contributed by atoms with Crippen LogP contribution in [0.5, 0.6) is 0 Å². The molecule has 0 amide bonds. The molecule has 86 valence electrons. The van der Waals surface area contributed by atoms with Gasteiger partial charge in [0.2, 0.25) is 0 Å². The molecule has 1 fully saturated rings. The summed E-state index contributed by atoms with van der Waals surface area (Å²) in [4.78, 5) is 10.8. The number of carboxylic acids is 1. The SMILES string of the molecule is NC(c1cccc(C(=O)O)c1)C1CCOC1. The van der Waals surface area contributed by atoms with Crippen LogP contribution in [0, 0.1) is 5.92 Å². The Morgan fingerprint density at radius 3 is 3.00 bits per heavy atom. The Morgan fingerprint density at radius 2 is 2.38 bits per heavy atom. The van der Waals surface area contributed by atoms with E-state index in [9.17, 15) is 4.79 Å². The highest BCUT2D eigenvalue weighted by Crippen LogP contribution is 2.26. The maximum absolute atomic E-state index is 10.8. The van der Waals surface area contributed by atoms with Crippen LogP contribution in [0.15, 0.2) is 24.3 Å². The third kappa shape index (κ3) is 2.23. The van der Waals surface area contributed by atoms with Crippen molar-refractivity contribution in [2.24, 2.45) is 11.7 Å². The number of hydrogen-bond donors (Lipinski definition) is 2. The third-order valence-electron chi connectivity index (χ3n) is 2.99. The lowest BCUT2D eigenvalue weighted by Crippen LogP contribution is -2.21. The van der Waals surface area contributed by atoms with Gasteiger partial charge in [-0.05, 0) is 24.1 Å². The fraction of sp³-hybridized carbons (Fsp3) is 0.417. The first-order valence-corrected chi connectivity index (χ1v) is 5.35. The van der Waals surface area contributed by atoms with Crippen LogP contribution in [0.25, 0.3) is 0 Å². The van der Waals surface area contributed by atoms with Crippen molar-refractivity contribution < 1.29 is 14.6 Å². The van der Waals surface area contributed by atoms with E-state index in [4.69, 9.17) is 15.6 Å². The molecule has 0 aromatic heterocycles. The second-order valence-corrected chi connectivity index (χ2v) is 4.08. The first-order chi connectivity index (χ1) is 7.68. The van der Waals surface area contributed by atoms with Crippen LogP contribution in [-0.4, -0.2) is 24.3 Å². The Labute approximate surface area is 94.0 Å². The molecular formula is C12H15NO3. The van der Waals surface area contributed by atoms with E-state index in [0.717, 1.165) is 18.6 Å². The summed E-state index contributed by atoms with van der Waals surface area (Å²) in [5.74, 6) is -0.624. The molecule has 4 nitrogen and oxygen atoms in total. The molecule has 1 aliphatic heterocycles. The van der Waals surface area contributed by atoms with E-state index in [1.54, 1.807) is 18.2 Å². The fourth-order valence-electron chi connectivity index (χ4n) is 1.99. The number of rotatable bonds is 3. The quantitative estimate of drug-likeness (QED) is 0.809. The summed E-state index contributed by atoms with van der Waals surface area (Å²) in [6.07, 6.45) is 0.943. The van der Waals surface area contributed by atoms with Gasteiger partial charge in [-0.2, -0.15) is 0 Å². The lowest BCUT2D eigenvalue weighted by atomic mass is 9.92. The second-order valence-electron chi connectivity index (χ2n) is 4.08. The smallest absolute Gasteiger partial charge is 0.335 e. The van der Waals surface area contributed by atoms with Crippen molar-refractivity contribution in [1.82, 2.24) is 0 Å². The van der Waals surface area contributed by atoms with Gasteiger partial charge in [-0.15, -0.1) is 0 Å². The Hall–Kier alpha value is -1.39. The van der Waals surface area contributed by atoms with E-state index in [0.29, 0.717) is 12.5 Å². The Morgan fingerprint density at radius 1 is 1.56 bits per heavy atom. The van der Waals surface area contributed by atoms with E-state index in [1.165, 1.54) is 0 Å². The monoisotopic (exact) mass is 221 g/mol. The van der Waals surface area contributed by atoms with E-state index >= 15 is 0 Å². The lowest BCUT2D eigenvalue weighted by Gasteiger charge is -2.18. The maximum atomic E-state index is 10.8. The second kappa shape index (κ2) is 4.63. The van der Waals surface area contributed by atoms with Gasteiger partial charge in [0.1, 0.15) is 0 Å². The molecule has 0 saturated carbocycles. The summed E-state index contributed by atoms with van der Waals surface area (Å²) >= 11 is 0. The molecule has 3 N–H and O–H groups in total. The molecule has 1 aliphatic rings. The number of carboxylic acid groups (broad SMARTS) is 1. The number of ether oxygens (including phenoxy) is 1. The van der Waals surface area contributed by atoms with Crippen LogP contribution >= 0.6 is 0 Å². The molecule has 1 heterocycles. The number of carbonyl (C=O) groups is 1. The van der Waals surface area contributed by atoms with Crippen molar-refractivity contribution in [2.75, 3.05) is 13.2 Å². The van der Waals surface area contributed by atoms with Gasteiger partial charge in [-0.3, -0.25) is 0 Å². The highest BCUT2D eigenvalue weighted by Gasteiger charge is 2.24. The molecule has 1 aromatic carbocycles. The number of aromatic carboxylic acids is 1. The van der Waals surface area contributed by atoms with E-state index in [2.05, 4.69) is 0 Å².